The van der Waals surface area contributed by atoms with Crippen molar-refractivity contribution in [1.82, 2.24) is 4.98 Å². The molecular formula is C14H12BrN3. The predicted molar refractivity (Wildman–Crippen MR) is 75.2 cm³/mol. The Kier molecular flexibility index (Phi) is 3.96. The lowest BCUT2D eigenvalue weighted by molar-refractivity contribution is 1.12. The van der Waals surface area contributed by atoms with Crippen LogP contribution in [0.5, 0.6) is 0 Å². The van der Waals surface area contributed by atoms with Gasteiger partial charge in [-0.1, -0.05) is 12.1 Å². The maximum absolute atomic E-state index is 8.83. The molecule has 0 bridgehead atoms. The first kappa shape index (κ1) is 12.6. The highest BCUT2D eigenvalue weighted by Crippen LogP contribution is 2.17. The van der Waals surface area contributed by atoms with Gasteiger partial charge in [0.25, 0.3) is 0 Å². The van der Waals surface area contributed by atoms with E-state index in [-0.39, 0.29) is 0 Å². The van der Waals surface area contributed by atoms with Gasteiger partial charge in [0, 0.05) is 6.54 Å². The van der Waals surface area contributed by atoms with E-state index in [2.05, 4.69) is 32.3 Å². The summed E-state index contributed by atoms with van der Waals surface area (Å²) in [5.74, 6) is 0. The molecule has 0 unspecified atom stereocenters. The molecule has 0 radical (unpaired) electrons. The monoisotopic (exact) mass is 301 g/mol. The third kappa shape index (κ3) is 3.08. The minimum atomic E-state index is 0.679. The van der Waals surface area contributed by atoms with Gasteiger partial charge in [0.15, 0.2) is 0 Å². The first-order valence-electron chi connectivity index (χ1n) is 5.54. The summed E-state index contributed by atoms with van der Waals surface area (Å²) in [6.45, 7) is 2.68. The van der Waals surface area contributed by atoms with Crippen LogP contribution in [0.4, 0.5) is 5.69 Å². The van der Waals surface area contributed by atoms with Crippen molar-refractivity contribution in [2.24, 2.45) is 0 Å². The molecule has 1 aromatic heterocycles. The molecule has 1 heterocycles. The second kappa shape index (κ2) is 5.65. The molecule has 0 atom stereocenters. The summed E-state index contributed by atoms with van der Waals surface area (Å²) in [4.78, 5) is 4.23. The Morgan fingerprint density at radius 2 is 2.22 bits per heavy atom. The van der Waals surface area contributed by atoms with Crippen molar-refractivity contribution in [3.05, 3.63) is 57.8 Å². The van der Waals surface area contributed by atoms with Crippen LogP contribution in [-0.4, -0.2) is 4.98 Å². The van der Waals surface area contributed by atoms with Crippen molar-refractivity contribution >= 4 is 21.6 Å². The maximum Gasteiger partial charge on any atom is 0.109 e. The van der Waals surface area contributed by atoms with Crippen LogP contribution in [0, 0.1) is 18.3 Å². The van der Waals surface area contributed by atoms with Crippen LogP contribution in [-0.2, 0) is 6.54 Å². The Hall–Kier alpha value is -1.86. The lowest BCUT2D eigenvalue weighted by atomic mass is 10.1. The van der Waals surface area contributed by atoms with E-state index in [0.29, 0.717) is 12.1 Å². The lowest BCUT2D eigenvalue weighted by Crippen LogP contribution is -2.00. The van der Waals surface area contributed by atoms with Crippen LogP contribution < -0.4 is 5.32 Å². The summed E-state index contributed by atoms with van der Waals surface area (Å²) in [7, 11) is 0. The van der Waals surface area contributed by atoms with E-state index in [1.807, 2.05) is 31.2 Å². The van der Waals surface area contributed by atoms with Crippen molar-refractivity contribution in [3.8, 4) is 6.07 Å². The van der Waals surface area contributed by atoms with Gasteiger partial charge in [0.1, 0.15) is 4.60 Å². The number of benzene rings is 1. The van der Waals surface area contributed by atoms with Crippen LogP contribution in [0.1, 0.15) is 16.7 Å². The van der Waals surface area contributed by atoms with E-state index >= 15 is 0 Å². The second-order valence-electron chi connectivity index (χ2n) is 4.00. The fourth-order valence-corrected chi connectivity index (χ4v) is 1.83. The molecule has 4 heteroatoms. The van der Waals surface area contributed by atoms with Crippen LogP contribution in [0.2, 0.25) is 0 Å². The molecule has 18 heavy (non-hydrogen) atoms. The molecule has 90 valence electrons. The van der Waals surface area contributed by atoms with E-state index in [9.17, 15) is 0 Å². The number of nitrogens with zero attached hydrogens (tertiary/aromatic N) is 2. The quantitative estimate of drug-likeness (QED) is 0.881. The number of anilines is 1. The highest BCUT2D eigenvalue weighted by Gasteiger charge is 1.99. The number of pyridine rings is 1. The Labute approximate surface area is 115 Å². The largest absolute Gasteiger partial charge is 0.380 e. The van der Waals surface area contributed by atoms with Crippen molar-refractivity contribution in [2.45, 2.75) is 13.5 Å². The summed E-state index contributed by atoms with van der Waals surface area (Å²) in [5.41, 5.74) is 3.82. The first-order chi connectivity index (χ1) is 8.69. The average molecular weight is 302 g/mol. The molecule has 0 aliphatic heterocycles. The van der Waals surface area contributed by atoms with E-state index in [1.165, 1.54) is 0 Å². The van der Waals surface area contributed by atoms with E-state index in [1.54, 1.807) is 12.3 Å². The Morgan fingerprint density at radius 1 is 1.39 bits per heavy atom. The van der Waals surface area contributed by atoms with E-state index < -0.39 is 0 Å². The topological polar surface area (TPSA) is 48.7 Å². The third-order valence-electron chi connectivity index (χ3n) is 2.57. The summed E-state index contributed by atoms with van der Waals surface area (Å²) in [5, 5.41) is 12.1. The predicted octanol–water partition coefficient (Wildman–Crippen LogP) is 3.64. The highest BCUT2D eigenvalue weighted by molar-refractivity contribution is 9.10. The fourth-order valence-electron chi connectivity index (χ4n) is 1.61. The molecule has 3 nitrogen and oxygen atoms in total. The first-order valence-corrected chi connectivity index (χ1v) is 6.33. The van der Waals surface area contributed by atoms with Gasteiger partial charge in [-0.2, -0.15) is 5.26 Å². The van der Waals surface area contributed by atoms with E-state index in [0.717, 1.165) is 21.4 Å². The van der Waals surface area contributed by atoms with Gasteiger partial charge in [-0.25, -0.2) is 4.98 Å². The molecule has 0 aliphatic rings. The molecule has 0 spiro atoms. The van der Waals surface area contributed by atoms with Gasteiger partial charge in [-0.15, -0.1) is 0 Å². The summed E-state index contributed by atoms with van der Waals surface area (Å²) in [6, 6.07) is 11.7. The zero-order valence-electron chi connectivity index (χ0n) is 9.94. The third-order valence-corrected chi connectivity index (χ3v) is 3.40. The average Bonchev–Trinajstić information content (AvgIpc) is 2.40. The summed E-state index contributed by atoms with van der Waals surface area (Å²) in [6.07, 6.45) is 1.78. The van der Waals surface area contributed by atoms with Gasteiger partial charge in [0.2, 0.25) is 0 Å². The lowest BCUT2D eigenvalue weighted by Gasteiger charge is -2.07. The molecule has 0 fully saturated rings. The van der Waals surface area contributed by atoms with Gasteiger partial charge < -0.3 is 5.32 Å². The molecule has 0 amide bonds. The van der Waals surface area contributed by atoms with Gasteiger partial charge in [-0.05, 0) is 52.2 Å². The molecule has 2 aromatic rings. The second-order valence-corrected chi connectivity index (χ2v) is 4.75. The number of halogens is 1. The molecule has 0 aliphatic carbocycles. The van der Waals surface area contributed by atoms with Gasteiger partial charge >= 0.3 is 0 Å². The highest BCUT2D eigenvalue weighted by atomic mass is 79.9. The molecule has 1 N–H and O–H groups in total. The van der Waals surface area contributed by atoms with Crippen molar-refractivity contribution in [3.63, 3.8) is 0 Å². The van der Waals surface area contributed by atoms with Crippen molar-refractivity contribution in [1.29, 1.82) is 5.26 Å². The van der Waals surface area contributed by atoms with Crippen LogP contribution >= 0.6 is 15.9 Å². The van der Waals surface area contributed by atoms with Crippen molar-refractivity contribution in [2.75, 3.05) is 5.32 Å². The Bertz CT molecular complexity index is 602. The molecule has 1 aromatic carbocycles. The Morgan fingerprint density at radius 3 is 2.94 bits per heavy atom. The van der Waals surface area contributed by atoms with Gasteiger partial charge in [-0.3, -0.25) is 0 Å². The van der Waals surface area contributed by atoms with Crippen LogP contribution in [0.25, 0.3) is 0 Å². The molecule has 2 rings (SSSR count). The van der Waals surface area contributed by atoms with Gasteiger partial charge in [0.05, 0.1) is 23.5 Å². The number of rotatable bonds is 3. The summed E-state index contributed by atoms with van der Waals surface area (Å²) >= 11 is 3.37. The normalized spacial score (nSPS) is 9.83. The fraction of sp³-hybridized carbons (Fsp3) is 0.143. The number of hydrogen-bond acceptors (Lipinski definition) is 3. The van der Waals surface area contributed by atoms with E-state index in [4.69, 9.17) is 5.26 Å². The molecule has 0 saturated heterocycles. The SMILES string of the molecule is Cc1cc(NCc2cccc(C#N)c2)cnc1Br. The zero-order chi connectivity index (χ0) is 13.0. The maximum atomic E-state index is 8.83. The minimum absolute atomic E-state index is 0.679. The number of hydrogen-bond donors (Lipinski definition) is 1. The number of aryl methyl sites for hydroxylation is 1. The smallest absolute Gasteiger partial charge is 0.109 e. The van der Waals surface area contributed by atoms with Crippen LogP contribution in [0.15, 0.2) is 41.1 Å². The number of nitrogens with one attached hydrogen (secondary N) is 1. The number of aromatic nitrogens is 1. The molecule has 0 saturated carbocycles. The Balaban J connectivity index is 2.07. The van der Waals surface area contributed by atoms with Crippen LogP contribution in [0.3, 0.4) is 0 Å². The number of nitriles is 1. The summed E-state index contributed by atoms with van der Waals surface area (Å²) < 4.78 is 0.861. The molecular weight excluding hydrogens is 290 g/mol. The minimum Gasteiger partial charge on any atom is -0.380 e. The van der Waals surface area contributed by atoms with Crippen molar-refractivity contribution < 1.29 is 0 Å². The zero-order valence-corrected chi connectivity index (χ0v) is 11.5. The standard InChI is InChI=1S/C14H12BrN3/c1-10-5-13(9-18-14(10)15)17-8-12-4-2-3-11(6-12)7-16/h2-6,9,17H,8H2,1H3.